The summed E-state index contributed by atoms with van der Waals surface area (Å²) in [6.45, 7) is 0. The van der Waals surface area contributed by atoms with E-state index in [1.807, 2.05) is 126 Å². The van der Waals surface area contributed by atoms with Crippen molar-refractivity contribution >= 4 is 56.7 Å². The Kier molecular flexibility index (Phi) is 6.15. The summed E-state index contributed by atoms with van der Waals surface area (Å²) in [6, 6.07) is 39.3. The number of amidine groups is 1. The average Bonchev–Trinajstić information content (AvgIpc) is 3.52. The second-order valence-electron chi connectivity index (χ2n) is 7.96. The van der Waals surface area contributed by atoms with Gasteiger partial charge in [0.1, 0.15) is 15.0 Å². The van der Waals surface area contributed by atoms with Gasteiger partial charge in [-0.3, -0.25) is 9.69 Å². The zero-order chi connectivity index (χ0) is 24.3. The van der Waals surface area contributed by atoms with Crippen LogP contribution in [-0.4, -0.2) is 16.1 Å². The second-order valence-corrected chi connectivity index (χ2v) is 9.92. The Morgan fingerprint density at radius 2 is 1.19 bits per heavy atom. The smallest absolute Gasteiger partial charge is 0.267 e. The Labute approximate surface area is 217 Å². The summed E-state index contributed by atoms with van der Waals surface area (Å²) in [5, 5.41) is 9.02. The van der Waals surface area contributed by atoms with Crippen LogP contribution in [0.2, 0.25) is 0 Å². The van der Waals surface area contributed by atoms with Crippen molar-refractivity contribution in [2.75, 3.05) is 9.91 Å². The molecule has 0 saturated carbocycles. The fourth-order valence-electron chi connectivity index (χ4n) is 3.87. The molecule has 6 rings (SSSR count). The van der Waals surface area contributed by atoms with E-state index in [4.69, 9.17) is 10.1 Å². The molecule has 0 N–H and O–H groups in total. The van der Waals surface area contributed by atoms with Crippen molar-refractivity contribution in [3.05, 3.63) is 137 Å². The molecule has 0 bridgehead atoms. The Hall–Kier alpha value is -4.07. The quantitative estimate of drug-likeness (QED) is 0.275. The Bertz CT molecular complexity index is 1490. The van der Waals surface area contributed by atoms with Crippen LogP contribution in [0.3, 0.4) is 0 Å². The number of para-hydroxylation sites is 3. The number of carbonyl (C=O) groups is 1. The number of amides is 1. The zero-order valence-electron chi connectivity index (χ0n) is 19.1. The third-order valence-corrected chi connectivity index (χ3v) is 7.81. The molecule has 4 aromatic carbocycles. The number of hydrogen-bond acceptors (Lipinski definition) is 6. The van der Waals surface area contributed by atoms with Gasteiger partial charge in [-0.05, 0) is 59.9 Å². The second kappa shape index (κ2) is 9.89. The molecule has 1 saturated heterocycles. The van der Waals surface area contributed by atoms with E-state index in [9.17, 15) is 4.79 Å². The SMILES string of the molecule is O=C1/C(=C2/SC(c3ccccc3)=NN2c2ccccc2)SC(=Nc2ccccc2)N1c1ccccc1. The van der Waals surface area contributed by atoms with Crippen molar-refractivity contribution in [1.82, 2.24) is 0 Å². The van der Waals surface area contributed by atoms with Crippen LogP contribution in [0, 0.1) is 0 Å². The minimum absolute atomic E-state index is 0.117. The van der Waals surface area contributed by atoms with E-state index in [-0.39, 0.29) is 5.91 Å². The molecular formula is C29H20N4OS2. The molecule has 0 atom stereocenters. The number of aliphatic imine (C=N–C) groups is 1. The molecule has 1 fully saturated rings. The Morgan fingerprint density at radius 3 is 1.83 bits per heavy atom. The van der Waals surface area contributed by atoms with Gasteiger partial charge >= 0.3 is 0 Å². The van der Waals surface area contributed by atoms with Gasteiger partial charge in [0.05, 0.1) is 17.1 Å². The van der Waals surface area contributed by atoms with Gasteiger partial charge in [0.2, 0.25) is 0 Å². The average molecular weight is 505 g/mol. The summed E-state index contributed by atoms with van der Waals surface area (Å²) in [6.07, 6.45) is 0. The van der Waals surface area contributed by atoms with Crippen molar-refractivity contribution in [3.63, 3.8) is 0 Å². The minimum atomic E-state index is -0.117. The molecule has 0 aliphatic carbocycles. The fraction of sp³-hybridized carbons (Fsp3) is 0. The number of hydrogen-bond donors (Lipinski definition) is 0. The number of nitrogens with zero attached hydrogens (tertiary/aromatic N) is 4. The van der Waals surface area contributed by atoms with Gasteiger partial charge in [0.25, 0.3) is 5.91 Å². The van der Waals surface area contributed by atoms with Gasteiger partial charge in [0, 0.05) is 5.56 Å². The highest BCUT2D eigenvalue weighted by atomic mass is 32.2. The van der Waals surface area contributed by atoms with Gasteiger partial charge in [-0.1, -0.05) is 84.9 Å². The van der Waals surface area contributed by atoms with Crippen LogP contribution < -0.4 is 9.91 Å². The lowest BCUT2D eigenvalue weighted by Gasteiger charge is -2.17. The van der Waals surface area contributed by atoms with Crippen LogP contribution in [-0.2, 0) is 4.79 Å². The molecule has 0 unspecified atom stereocenters. The van der Waals surface area contributed by atoms with Gasteiger partial charge < -0.3 is 0 Å². The van der Waals surface area contributed by atoms with Crippen LogP contribution in [0.15, 0.2) is 141 Å². The number of thioether (sulfide) groups is 2. The van der Waals surface area contributed by atoms with Crippen LogP contribution in [0.1, 0.15) is 5.56 Å². The summed E-state index contributed by atoms with van der Waals surface area (Å²) >= 11 is 2.89. The summed E-state index contributed by atoms with van der Waals surface area (Å²) in [7, 11) is 0. The maximum absolute atomic E-state index is 14.0. The van der Waals surface area contributed by atoms with Crippen molar-refractivity contribution in [2.45, 2.75) is 0 Å². The third kappa shape index (κ3) is 4.34. The standard InChI is InChI=1S/C29H20N4OS2/c34-27-25(35-29(30-22-15-7-2-8-16-22)32(27)23-17-9-3-10-18-23)28-33(24-19-11-4-12-20-24)31-26(36-28)21-13-5-1-6-14-21/h1-20H/b28-25-,30-29?. The first-order valence-corrected chi connectivity index (χ1v) is 13.0. The largest absolute Gasteiger partial charge is 0.274 e. The van der Waals surface area contributed by atoms with Crippen molar-refractivity contribution < 1.29 is 4.79 Å². The van der Waals surface area contributed by atoms with Crippen molar-refractivity contribution in [2.24, 2.45) is 10.1 Å². The van der Waals surface area contributed by atoms with Crippen LogP contribution >= 0.6 is 23.5 Å². The lowest BCUT2D eigenvalue weighted by molar-refractivity contribution is -0.113. The Balaban J connectivity index is 1.48. The zero-order valence-corrected chi connectivity index (χ0v) is 20.7. The summed E-state index contributed by atoms with van der Waals surface area (Å²) in [4.78, 5) is 21.1. The molecule has 7 heteroatoms. The van der Waals surface area contributed by atoms with Gasteiger partial charge in [0.15, 0.2) is 5.17 Å². The molecular weight excluding hydrogens is 484 g/mol. The minimum Gasteiger partial charge on any atom is -0.267 e. The van der Waals surface area contributed by atoms with Crippen molar-refractivity contribution in [3.8, 4) is 0 Å². The summed E-state index contributed by atoms with van der Waals surface area (Å²) < 4.78 is 0. The highest BCUT2D eigenvalue weighted by Crippen LogP contribution is 2.46. The van der Waals surface area contributed by atoms with E-state index >= 15 is 0 Å². The normalized spacial score (nSPS) is 18.7. The molecule has 0 spiro atoms. The lowest BCUT2D eigenvalue weighted by Crippen LogP contribution is -2.29. The van der Waals surface area contributed by atoms with Crippen molar-refractivity contribution in [1.29, 1.82) is 0 Å². The molecule has 0 aromatic heterocycles. The first-order chi connectivity index (χ1) is 17.8. The number of hydrazone groups is 1. The van der Waals surface area contributed by atoms with E-state index < -0.39 is 0 Å². The molecule has 1 amide bonds. The third-order valence-electron chi connectivity index (χ3n) is 5.57. The molecule has 4 aromatic rings. The predicted molar refractivity (Wildman–Crippen MR) is 152 cm³/mol. The monoisotopic (exact) mass is 504 g/mol. The Morgan fingerprint density at radius 1 is 0.639 bits per heavy atom. The number of benzene rings is 4. The topological polar surface area (TPSA) is 48.3 Å². The van der Waals surface area contributed by atoms with Crippen LogP contribution in [0.5, 0.6) is 0 Å². The van der Waals surface area contributed by atoms with E-state index in [2.05, 4.69) is 0 Å². The fourth-order valence-corrected chi connectivity index (χ4v) is 6.06. The predicted octanol–water partition coefficient (Wildman–Crippen LogP) is 7.24. The lowest BCUT2D eigenvalue weighted by atomic mass is 10.2. The van der Waals surface area contributed by atoms with Crippen LogP contribution in [0.4, 0.5) is 17.1 Å². The highest BCUT2D eigenvalue weighted by Gasteiger charge is 2.40. The van der Waals surface area contributed by atoms with E-state index in [0.29, 0.717) is 10.1 Å². The molecule has 2 aliphatic heterocycles. The maximum atomic E-state index is 14.0. The molecule has 2 heterocycles. The summed E-state index contributed by atoms with van der Waals surface area (Å²) in [5.41, 5.74) is 3.47. The van der Waals surface area contributed by atoms with Gasteiger partial charge in [-0.25, -0.2) is 10.0 Å². The molecule has 2 aliphatic rings. The van der Waals surface area contributed by atoms with E-state index in [0.717, 1.165) is 32.7 Å². The molecule has 0 radical (unpaired) electrons. The van der Waals surface area contributed by atoms with Gasteiger partial charge in [-0.2, -0.15) is 5.10 Å². The van der Waals surface area contributed by atoms with Crippen LogP contribution in [0.25, 0.3) is 0 Å². The molecule has 174 valence electrons. The number of carbonyl (C=O) groups excluding carboxylic acids is 1. The van der Waals surface area contributed by atoms with Gasteiger partial charge in [-0.15, -0.1) is 0 Å². The summed E-state index contributed by atoms with van der Waals surface area (Å²) in [5.74, 6) is -0.117. The van der Waals surface area contributed by atoms with E-state index in [1.54, 1.807) is 4.90 Å². The number of rotatable bonds is 4. The molecule has 36 heavy (non-hydrogen) atoms. The first kappa shape index (κ1) is 22.4. The van der Waals surface area contributed by atoms with E-state index in [1.165, 1.54) is 23.5 Å². The first-order valence-electron chi connectivity index (χ1n) is 11.4. The highest BCUT2D eigenvalue weighted by molar-refractivity contribution is 8.22. The maximum Gasteiger partial charge on any atom is 0.274 e. The number of anilines is 2. The molecule has 5 nitrogen and oxygen atoms in total.